The van der Waals surface area contributed by atoms with E-state index < -0.39 is 0 Å². The third-order valence-corrected chi connectivity index (χ3v) is 6.31. The highest BCUT2D eigenvalue weighted by Gasteiger charge is 2.17. The predicted molar refractivity (Wildman–Crippen MR) is 124 cm³/mol. The summed E-state index contributed by atoms with van der Waals surface area (Å²) in [6.07, 6.45) is 5.33. The summed E-state index contributed by atoms with van der Waals surface area (Å²) in [4.78, 5) is 11.5. The molecule has 0 bridgehead atoms. The van der Waals surface area contributed by atoms with Gasteiger partial charge in [0.15, 0.2) is 0 Å². The molecule has 0 saturated carbocycles. The van der Waals surface area contributed by atoms with E-state index in [-0.39, 0.29) is 0 Å². The van der Waals surface area contributed by atoms with Crippen molar-refractivity contribution >= 4 is 44.1 Å². The van der Waals surface area contributed by atoms with Gasteiger partial charge < -0.3 is 21.1 Å². The Balaban J connectivity index is 1.52. The maximum Gasteiger partial charge on any atom is 0.142 e. The number of pyridine rings is 2. The van der Waals surface area contributed by atoms with Crippen LogP contribution >= 0.6 is 0 Å². The van der Waals surface area contributed by atoms with Crippen LogP contribution in [0.2, 0.25) is 0 Å². The van der Waals surface area contributed by atoms with E-state index in [1.807, 2.05) is 30.3 Å². The molecular weight excluding hydrogens is 374 g/mol. The quantitative estimate of drug-likeness (QED) is 0.393. The average Bonchev–Trinajstić information content (AvgIpc) is 2.75. The van der Waals surface area contributed by atoms with Crippen molar-refractivity contribution in [3.05, 3.63) is 42.6 Å². The minimum Gasteiger partial charge on any atom is -0.491 e. The average molecular weight is 402 g/mol. The minimum atomic E-state index is 0.464. The molecule has 6 heteroatoms. The van der Waals surface area contributed by atoms with Gasteiger partial charge >= 0.3 is 0 Å². The van der Waals surface area contributed by atoms with Crippen LogP contribution in [0.1, 0.15) is 19.3 Å². The van der Waals surface area contributed by atoms with Crippen LogP contribution in [0.25, 0.3) is 32.6 Å². The number of anilines is 2. The number of hydrogen-bond donors (Lipinski definition) is 2. The first-order valence-corrected chi connectivity index (χ1v) is 10.6. The number of nitrogens with two attached hydrogens (primary N) is 2. The molecule has 154 valence electrons. The summed E-state index contributed by atoms with van der Waals surface area (Å²) in [5, 5.41) is 3.93. The van der Waals surface area contributed by atoms with Gasteiger partial charge in [0.05, 0.1) is 23.3 Å². The molecule has 0 atom stereocenters. The highest BCUT2D eigenvalue weighted by atomic mass is 16.5. The Labute approximate surface area is 175 Å². The van der Waals surface area contributed by atoms with Crippen LogP contribution in [0.4, 0.5) is 11.5 Å². The molecule has 4 N–H and O–H groups in total. The zero-order valence-corrected chi connectivity index (χ0v) is 17.3. The Bertz CT molecular complexity index is 1230. The van der Waals surface area contributed by atoms with Gasteiger partial charge in [-0.3, -0.25) is 4.98 Å². The molecule has 4 aromatic rings. The molecule has 1 saturated heterocycles. The van der Waals surface area contributed by atoms with Gasteiger partial charge in [0.2, 0.25) is 0 Å². The third-order valence-electron chi connectivity index (χ3n) is 6.31. The number of nitrogen functional groups attached to an aromatic ring is 2. The summed E-state index contributed by atoms with van der Waals surface area (Å²) in [6.45, 7) is 3.01. The van der Waals surface area contributed by atoms with E-state index in [0.717, 1.165) is 44.9 Å². The maximum absolute atomic E-state index is 6.31. The summed E-state index contributed by atoms with van der Waals surface area (Å²) in [6, 6.07) is 12.0. The molecule has 5 rings (SSSR count). The van der Waals surface area contributed by atoms with Gasteiger partial charge in [0, 0.05) is 27.7 Å². The summed E-state index contributed by atoms with van der Waals surface area (Å²) < 4.78 is 6.15. The van der Waals surface area contributed by atoms with Crippen LogP contribution in [-0.4, -0.2) is 41.6 Å². The highest BCUT2D eigenvalue weighted by molar-refractivity contribution is 6.21. The molecule has 30 heavy (non-hydrogen) atoms. The SMILES string of the molecule is CN1CCC(CCOc2cc3c(cc2N)nc(N)c2cnc4ccccc4c23)CC1. The smallest absolute Gasteiger partial charge is 0.142 e. The third kappa shape index (κ3) is 3.37. The van der Waals surface area contributed by atoms with Gasteiger partial charge in [-0.05, 0) is 63.5 Å². The number of aromatic nitrogens is 2. The fraction of sp³-hybridized carbons (Fsp3) is 0.333. The molecule has 6 nitrogen and oxygen atoms in total. The number of fused-ring (bicyclic) bond motifs is 5. The monoisotopic (exact) mass is 401 g/mol. The number of rotatable bonds is 4. The van der Waals surface area contributed by atoms with Crippen LogP contribution in [0.3, 0.4) is 0 Å². The van der Waals surface area contributed by atoms with Crippen molar-refractivity contribution in [3.63, 3.8) is 0 Å². The van der Waals surface area contributed by atoms with E-state index in [9.17, 15) is 0 Å². The molecule has 0 unspecified atom stereocenters. The van der Waals surface area contributed by atoms with Gasteiger partial charge in [-0.1, -0.05) is 18.2 Å². The number of benzene rings is 2. The Morgan fingerprint density at radius 2 is 1.83 bits per heavy atom. The first kappa shape index (κ1) is 18.9. The van der Waals surface area contributed by atoms with Crippen molar-refractivity contribution in [2.24, 2.45) is 5.92 Å². The molecule has 2 aromatic heterocycles. The fourth-order valence-corrected chi connectivity index (χ4v) is 4.50. The molecule has 2 aromatic carbocycles. The molecule has 0 spiro atoms. The molecule has 0 aliphatic carbocycles. The Morgan fingerprint density at radius 1 is 1.03 bits per heavy atom. The minimum absolute atomic E-state index is 0.464. The van der Waals surface area contributed by atoms with Crippen molar-refractivity contribution < 1.29 is 4.74 Å². The van der Waals surface area contributed by atoms with Crippen LogP contribution < -0.4 is 16.2 Å². The van der Waals surface area contributed by atoms with Crippen molar-refractivity contribution in [1.82, 2.24) is 14.9 Å². The molecule has 1 aliphatic rings. The van der Waals surface area contributed by atoms with Gasteiger partial charge in [-0.2, -0.15) is 0 Å². The first-order valence-electron chi connectivity index (χ1n) is 10.6. The molecule has 3 heterocycles. The topological polar surface area (TPSA) is 90.3 Å². The maximum atomic E-state index is 6.31. The van der Waals surface area contributed by atoms with Crippen LogP contribution in [-0.2, 0) is 0 Å². The molecule has 0 amide bonds. The van der Waals surface area contributed by atoms with Gasteiger partial charge in [-0.15, -0.1) is 0 Å². The van der Waals surface area contributed by atoms with E-state index in [4.69, 9.17) is 16.2 Å². The van der Waals surface area contributed by atoms with E-state index in [1.165, 1.54) is 25.9 Å². The van der Waals surface area contributed by atoms with Crippen molar-refractivity contribution in [2.75, 3.05) is 38.2 Å². The fourth-order valence-electron chi connectivity index (χ4n) is 4.50. The van der Waals surface area contributed by atoms with E-state index >= 15 is 0 Å². The Hall–Kier alpha value is -3.12. The second-order valence-corrected chi connectivity index (χ2v) is 8.35. The molecular formula is C24H27N5O. The lowest BCUT2D eigenvalue weighted by atomic mass is 9.94. The summed E-state index contributed by atoms with van der Waals surface area (Å²) in [7, 11) is 2.19. The second-order valence-electron chi connectivity index (χ2n) is 8.35. The lowest BCUT2D eigenvalue weighted by molar-refractivity contribution is 0.188. The molecule has 1 fully saturated rings. The predicted octanol–water partition coefficient (Wildman–Crippen LogP) is 4.21. The van der Waals surface area contributed by atoms with Crippen LogP contribution in [0.5, 0.6) is 5.75 Å². The standard InChI is InChI=1S/C24H27N5O/c1-29-9-6-15(7-10-29)8-11-30-22-12-17-21(13-19(22)25)28-24(26)18-14-27-20-5-3-2-4-16(20)23(17)18/h2-5,12-15H,6-11,25H2,1H3,(H2,26,28). The van der Waals surface area contributed by atoms with Crippen LogP contribution in [0, 0.1) is 5.92 Å². The lowest BCUT2D eigenvalue weighted by Crippen LogP contribution is -2.30. The first-order chi connectivity index (χ1) is 14.6. The van der Waals surface area contributed by atoms with Gasteiger partial charge in [0.1, 0.15) is 11.6 Å². The van der Waals surface area contributed by atoms with Crippen molar-refractivity contribution in [3.8, 4) is 5.75 Å². The molecule has 1 aliphatic heterocycles. The van der Waals surface area contributed by atoms with E-state index in [2.05, 4.69) is 28.0 Å². The highest BCUT2D eigenvalue weighted by Crippen LogP contribution is 2.37. The van der Waals surface area contributed by atoms with Crippen LogP contribution in [0.15, 0.2) is 42.6 Å². The number of hydrogen-bond acceptors (Lipinski definition) is 6. The van der Waals surface area contributed by atoms with Crippen molar-refractivity contribution in [2.45, 2.75) is 19.3 Å². The largest absolute Gasteiger partial charge is 0.491 e. The second kappa shape index (κ2) is 7.61. The summed E-state index contributed by atoms with van der Waals surface area (Å²) in [5.41, 5.74) is 14.9. The summed E-state index contributed by atoms with van der Waals surface area (Å²) >= 11 is 0. The lowest BCUT2D eigenvalue weighted by Gasteiger charge is -2.28. The number of likely N-dealkylation sites (tertiary alicyclic amines) is 1. The zero-order valence-electron chi connectivity index (χ0n) is 17.3. The normalized spacial score (nSPS) is 15.9. The molecule has 0 radical (unpaired) electrons. The van der Waals surface area contributed by atoms with E-state index in [1.54, 1.807) is 6.20 Å². The summed E-state index contributed by atoms with van der Waals surface area (Å²) in [5.74, 6) is 1.90. The zero-order chi connectivity index (χ0) is 20.7. The number of nitrogens with zero attached hydrogens (tertiary/aromatic N) is 3. The number of ether oxygens (including phenoxy) is 1. The van der Waals surface area contributed by atoms with E-state index in [0.29, 0.717) is 23.9 Å². The Kier molecular flexibility index (Phi) is 4.79. The van der Waals surface area contributed by atoms with Gasteiger partial charge in [0.25, 0.3) is 0 Å². The van der Waals surface area contributed by atoms with Gasteiger partial charge in [-0.25, -0.2) is 4.98 Å². The van der Waals surface area contributed by atoms with Crippen molar-refractivity contribution in [1.29, 1.82) is 0 Å². The number of piperidine rings is 1. The number of para-hydroxylation sites is 1. The Morgan fingerprint density at radius 3 is 2.67 bits per heavy atom.